The molecule has 4 aromatic heterocycles. The maximum Gasteiger partial charge on any atom is 0.213 e. The molecule has 328 valence electrons. The Kier molecular flexibility index (Phi) is 17.2. The normalized spacial score (nSPS) is 14.7. The van der Waals surface area contributed by atoms with Gasteiger partial charge in [-0.3, -0.25) is 0 Å². The van der Waals surface area contributed by atoms with E-state index in [9.17, 15) is 4.39 Å². The number of morpholine rings is 2. The zero-order valence-corrected chi connectivity index (χ0v) is 41.4. The number of rotatable bonds is 13. The third-order valence-corrected chi connectivity index (χ3v) is 14.4. The van der Waals surface area contributed by atoms with E-state index in [1.54, 1.807) is 6.07 Å². The van der Waals surface area contributed by atoms with Crippen molar-refractivity contribution < 1.29 is 23.3 Å². The summed E-state index contributed by atoms with van der Waals surface area (Å²) in [5.41, 5.74) is 5.49. The van der Waals surface area contributed by atoms with Crippen molar-refractivity contribution in [1.29, 1.82) is 0 Å². The van der Waals surface area contributed by atoms with E-state index in [-0.39, 0.29) is 0 Å². The van der Waals surface area contributed by atoms with Gasteiger partial charge < -0.3 is 29.2 Å². The van der Waals surface area contributed by atoms with Gasteiger partial charge in [0.1, 0.15) is 30.7 Å². The molecule has 0 amide bonds. The molecule has 2 aliphatic heterocycles. The molecule has 6 heterocycles. The Morgan fingerprint density at radius 1 is 0.656 bits per heavy atom. The van der Waals surface area contributed by atoms with Crippen LogP contribution in [0.3, 0.4) is 0 Å². The Labute approximate surface area is 377 Å². The van der Waals surface area contributed by atoms with Gasteiger partial charge in [0.05, 0.1) is 37.5 Å². The van der Waals surface area contributed by atoms with Gasteiger partial charge in [-0.05, 0) is 66.7 Å². The van der Waals surface area contributed by atoms with Crippen LogP contribution in [-0.4, -0.2) is 111 Å². The zero-order chi connectivity index (χ0) is 43.4. The van der Waals surface area contributed by atoms with Crippen LogP contribution in [0.4, 0.5) is 10.2 Å². The molecule has 0 aliphatic carbocycles. The van der Waals surface area contributed by atoms with Crippen LogP contribution in [-0.2, 0) is 32.4 Å². The minimum Gasteiger partial charge on any atom is -0.379 e. The van der Waals surface area contributed by atoms with E-state index in [0.29, 0.717) is 19.0 Å². The Morgan fingerprint density at radius 3 is 1.61 bits per heavy atom. The predicted octanol–water partition coefficient (Wildman–Crippen LogP) is 9.93. The minimum atomic E-state index is -1.12. The Morgan fingerprint density at radius 2 is 1.15 bits per heavy atom. The first-order chi connectivity index (χ1) is 29.2. The maximum atomic E-state index is 13.5. The van der Waals surface area contributed by atoms with Gasteiger partial charge in [0.25, 0.3) is 0 Å². The van der Waals surface area contributed by atoms with Gasteiger partial charge in [0.15, 0.2) is 0 Å². The van der Waals surface area contributed by atoms with Gasteiger partial charge in [-0.1, -0.05) is 71.1 Å². The summed E-state index contributed by atoms with van der Waals surface area (Å²) in [6, 6.07) is 21.8. The van der Waals surface area contributed by atoms with Crippen molar-refractivity contribution in [2.24, 2.45) is 0 Å². The second-order valence-corrected chi connectivity index (χ2v) is 30.5. The molecule has 8 rings (SSSR count). The van der Waals surface area contributed by atoms with E-state index in [0.717, 1.165) is 131 Å². The van der Waals surface area contributed by atoms with Crippen molar-refractivity contribution in [3.63, 3.8) is 0 Å². The first-order valence-electron chi connectivity index (χ1n) is 20.9. The summed E-state index contributed by atoms with van der Waals surface area (Å²) < 4.78 is 41.6. The first kappa shape index (κ1) is 47.1. The van der Waals surface area contributed by atoms with Gasteiger partial charge in [0.2, 0.25) is 5.95 Å². The molecule has 61 heavy (non-hydrogen) atoms. The number of benzene rings is 2. The van der Waals surface area contributed by atoms with Gasteiger partial charge in [0, 0.05) is 105 Å². The molecule has 2 saturated heterocycles. The second-order valence-electron chi connectivity index (χ2n) is 17.4. The molecule has 0 unspecified atom stereocenters. The molecule has 6 aromatic rings. The van der Waals surface area contributed by atoms with Gasteiger partial charge in [-0.15, -0.1) is 0 Å². The van der Waals surface area contributed by atoms with Crippen LogP contribution in [0.15, 0.2) is 82.0 Å². The number of nitrogens with one attached hydrogen (secondary N) is 1. The summed E-state index contributed by atoms with van der Waals surface area (Å²) in [7, 11) is -2.23. The summed E-state index contributed by atoms with van der Waals surface area (Å²) >= 11 is 7.11. The summed E-state index contributed by atoms with van der Waals surface area (Å²) in [6.45, 7) is 23.5. The molecule has 0 saturated carbocycles. The highest BCUT2D eigenvalue weighted by atomic mass is 79.9. The third kappa shape index (κ3) is 14.3. The lowest BCUT2D eigenvalue weighted by Crippen LogP contribution is -2.36. The van der Waals surface area contributed by atoms with E-state index >= 15 is 0 Å². The summed E-state index contributed by atoms with van der Waals surface area (Å²) in [5.74, 6) is 0.460. The lowest BCUT2D eigenvalue weighted by Gasteiger charge is -2.27. The van der Waals surface area contributed by atoms with Crippen molar-refractivity contribution in [2.75, 3.05) is 70.7 Å². The zero-order valence-electron chi connectivity index (χ0n) is 36.2. The van der Waals surface area contributed by atoms with Crippen LogP contribution in [0.25, 0.3) is 44.3 Å². The minimum absolute atomic E-state index is 0.385. The van der Waals surface area contributed by atoms with E-state index in [1.165, 1.54) is 12.3 Å². The van der Waals surface area contributed by atoms with Crippen molar-refractivity contribution in [3.05, 3.63) is 88.0 Å². The van der Waals surface area contributed by atoms with Crippen LogP contribution in [0.5, 0.6) is 0 Å². The summed E-state index contributed by atoms with van der Waals surface area (Å²) in [5, 5.41) is 14.8. The fourth-order valence-electron chi connectivity index (χ4n) is 6.58. The van der Waals surface area contributed by atoms with Crippen LogP contribution < -0.4 is 10.2 Å². The summed E-state index contributed by atoms with van der Waals surface area (Å²) in [6.07, 6.45) is 3.32. The van der Waals surface area contributed by atoms with Gasteiger partial charge in [-0.25, -0.2) is 19.3 Å². The largest absolute Gasteiger partial charge is 0.379 e. The standard InChI is InChI=1S/C22H29BrN4O2Si.C18H21BrFN3OSi.C4H9NO/c1-30(2,3)13-12-29-16-27-20-5-4-18(23)15-19(20)22(25-27)17-6-7-24-21(14-17)26-8-10-28-11-9-26;1-25(2,3)9-8-24-12-23-16-5-4-14(19)11-15(16)18(22-23)13-6-7-21-17(20)10-13;1-3-6-4-2-5-1/h4-7,14-15H,8-13,16H2,1-3H3;4-7,10-11H,8-9,12H2,1-3H3;5H,1-4H2. The highest BCUT2D eigenvalue weighted by Gasteiger charge is 2.19. The van der Waals surface area contributed by atoms with E-state index in [1.807, 2.05) is 39.8 Å². The average molecular weight is 999 g/mol. The highest BCUT2D eigenvalue weighted by Crippen LogP contribution is 2.33. The Balaban J connectivity index is 0.000000181. The fourth-order valence-corrected chi connectivity index (χ4v) is 8.82. The van der Waals surface area contributed by atoms with E-state index in [4.69, 9.17) is 24.0 Å². The lowest BCUT2D eigenvalue weighted by atomic mass is 10.1. The Bertz CT molecular complexity index is 2310. The number of anilines is 1. The molecule has 0 radical (unpaired) electrons. The van der Waals surface area contributed by atoms with Crippen LogP contribution in [0.1, 0.15) is 0 Å². The van der Waals surface area contributed by atoms with E-state index in [2.05, 4.69) is 121 Å². The van der Waals surface area contributed by atoms with E-state index < -0.39 is 22.1 Å². The van der Waals surface area contributed by atoms with Crippen molar-refractivity contribution in [1.82, 2.24) is 34.8 Å². The van der Waals surface area contributed by atoms with Crippen LogP contribution in [0.2, 0.25) is 51.4 Å². The molecule has 2 aromatic carbocycles. The monoisotopic (exact) mass is 996 g/mol. The first-order valence-corrected chi connectivity index (χ1v) is 29.9. The number of hydrogen-bond donors (Lipinski definition) is 1. The SMILES string of the molecule is C1COCCN1.C[Si](C)(C)CCOCn1nc(-c2ccnc(F)c2)c2cc(Br)ccc21.C[Si](C)(C)CCOCn1nc(-c2ccnc(N3CCOCC3)c2)c2cc(Br)ccc21. The van der Waals surface area contributed by atoms with Crippen molar-refractivity contribution >= 4 is 75.6 Å². The third-order valence-electron chi connectivity index (χ3n) is 10.0. The van der Waals surface area contributed by atoms with Crippen LogP contribution in [0, 0.1) is 5.95 Å². The molecule has 0 atom stereocenters. The molecule has 1 N–H and O–H groups in total. The molecular formula is C44H59Br2FN8O4Si2. The number of pyridine rings is 2. The quantitative estimate of drug-likeness (QED) is 0.0682. The summed E-state index contributed by atoms with van der Waals surface area (Å²) in [4.78, 5) is 10.5. The van der Waals surface area contributed by atoms with Crippen LogP contribution >= 0.6 is 31.9 Å². The smallest absolute Gasteiger partial charge is 0.213 e. The molecule has 2 aliphatic rings. The number of fused-ring (bicyclic) bond motifs is 2. The number of ether oxygens (including phenoxy) is 4. The molecule has 0 bridgehead atoms. The average Bonchev–Trinajstić information content (AvgIpc) is 3.79. The Hall–Kier alpha value is -3.40. The molecular weight excluding hydrogens is 940 g/mol. The van der Waals surface area contributed by atoms with Crippen molar-refractivity contribution in [2.45, 2.75) is 64.8 Å². The molecule has 2 fully saturated rings. The lowest BCUT2D eigenvalue weighted by molar-refractivity contribution is 0.0818. The van der Waals surface area contributed by atoms with Crippen molar-refractivity contribution in [3.8, 4) is 22.5 Å². The predicted molar refractivity (Wildman–Crippen MR) is 256 cm³/mol. The number of halogens is 3. The number of nitrogens with zero attached hydrogens (tertiary/aromatic N) is 7. The van der Waals surface area contributed by atoms with Gasteiger partial charge >= 0.3 is 0 Å². The highest BCUT2D eigenvalue weighted by molar-refractivity contribution is 9.10. The molecule has 17 heteroatoms. The topological polar surface area (TPSA) is 114 Å². The maximum absolute atomic E-state index is 13.5. The molecule has 0 spiro atoms. The molecule has 12 nitrogen and oxygen atoms in total. The second kappa shape index (κ2) is 22.3. The number of aromatic nitrogens is 6. The van der Waals surface area contributed by atoms with Gasteiger partial charge in [-0.2, -0.15) is 14.6 Å². The number of hydrogen-bond acceptors (Lipinski definition) is 10. The fraction of sp³-hybridized carbons (Fsp3) is 0.455.